The number of benzene rings is 1. The number of hydrogen-bond donors (Lipinski definition) is 0. The van der Waals surface area contributed by atoms with E-state index >= 15 is 0 Å². The van der Waals surface area contributed by atoms with Gasteiger partial charge in [-0.25, -0.2) is 14.4 Å². The molecule has 4 aromatic rings. The molecule has 0 N–H and O–H groups in total. The van der Waals surface area contributed by atoms with E-state index < -0.39 is 0 Å². The molecule has 0 aliphatic heterocycles. The van der Waals surface area contributed by atoms with Gasteiger partial charge < -0.3 is 0 Å². The molecule has 0 radical (unpaired) electrons. The Labute approximate surface area is 183 Å². The van der Waals surface area contributed by atoms with Gasteiger partial charge in [0.2, 0.25) is 0 Å². The number of aromatic nitrogens is 3. The standard InChI is InChI=1S/C25H20FN3OS/c1-25(2)12-21-18(22(30)13-25)6-7-20(29-21)24-28-14-23(31-24)16-9-15(10-17(26)11-16)19-5-3-4-8-27-19/h3-11,14H,12-13H2,1-2H3. The molecule has 0 amide bonds. The Morgan fingerprint density at radius 3 is 2.61 bits per heavy atom. The molecule has 0 atom stereocenters. The fourth-order valence-corrected chi connectivity index (χ4v) is 4.87. The van der Waals surface area contributed by atoms with Crippen molar-refractivity contribution < 1.29 is 9.18 Å². The summed E-state index contributed by atoms with van der Waals surface area (Å²) in [6.07, 6.45) is 4.74. The Hall–Kier alpha value is -3.25. The third-order valence-electron chi connectivity index (χ3n) is 5.43. The van der Waals surface area contributed by atoms with E-state index in [4.69, 9.17) is 4.98 Å². The Balaban J connectivity index is 1.50. The first-order valence-electron chi connectivity index (χ1n) is 10.1. The second-order valence-corrected chi connectivity index (χ2v) is 9.64. The predicted molar refractivity (Wildman–Crippen MR) is 120 cm³/mol. The average molecular weight is 430 g/mol. The van der Waals surface area contributed by atoms with E-state index in [0.717, 1.165) is 44.5 Å². The number of thiazole rings is 1. The quantitative estimate of drug-likeness (QED) is 0.387. The van der Waals surface area contributed by atoms with Crippen molar-refractivity contribution in [1.29, 1.82) is 0 Å². The Morgan fingerprint density at radius 2 is 1.81 bits per heavy atom. The van der Waals surface area contributed by atoms with E-state index in [1.54, 1.807) is 12.4 Å². The van der Waals surface area contributed by atoms with E-state index in [0.29, 0.717) is 12.0 Å². The minimum atomic E-state index is -0.319. The third kappa shape index (κ3) is 3.91. The van der Waals surface area contributed by atoms with Gasteiger partial charge in [-0.3, -0.25) is 9.78 Å². The van der Waals surface area contributed by atoms with Gasteiger partial charge in [0.25, 0.3) is 0 Å². The van der Waals surface area contributed by atoms with Crippen molar-refractivity contribution in [2.45, 2.75) is 26.7 Å². The molecular weight excluding hydrogens is 409 g/mol. The first-order chi connectivity index (χ1) is 14.9. The second-order valence-electron chi connectivity index (χ2n) is 8.60. The minimum absolute atomic E-state index is 0.0901. The normalized spacial score (nSPS) is 15.0. The zero-order valence-electron chi connectivity index (χ0n) is 17.2. The number of rotatable bonds is 3. The number of carbonyl (C=O) groups is 1. The van der Waals surface area contributed by atoms with E-state index in [1.165, 1.54) is 23.5 Å². The lowest BCUT2D eigenvalue weighted by Gasteiger charge is -2.29. The van der Waals surface area contributed by atoms with Crippen LogP contribution in [0.4, 0.5) is 4.39 Å². The highest BCUT2D eigenvalue weighted by molar-refractivity contribution is 7.18. The monoisotopic (exact) mass is 429 g/mol. The van der Waals surface area contributed by atoms with Gasteiger partial charge in [-0.1, -0.05) is 19.9 Å². The Kier molecular flexibility index (Phi) is 4.74. The molecule has 0 fully saturated rings. The fourth-order valence-electron chi connectivity index (χ4n) is 3.99. The Bertz CT molecular complexity index is 1300. The Morgan fingerprint density at radius 1 is 0.968 bits per heavy atom. The van der Waals surface area contributed by atoms with Crippen LogP contribution < -0.4 is 0 Å². The number of ketones is 1. The summed E-state index contributed by atoms with van der Waals surface area (Å²) >= 11 is 1.46. The first-order valence-corrected chi connectivity index (χ1v) is 10.9. The summed E-state index contributed by atoms with van der Waals surface area (Å²) in [5.74, 6) is -0.173. The van der Waals surface area contributed by atoms with Crippen LogP contribution in [0.2, 0.25) is 0 Å². The highest BCUT2D eigenvalue weighted by Gasteiger charge is 2.32. The summed E-state index contributed by atoms with van der Waals surface area (Å²) in [7, 11) is 0. The van der Waals surface area contributed by atoms with Gasteiger partial charge in [0.15, 0.2) is 5.78 Å². The minimum Gasteiger partial charge on any atom is -0.294 e. The number of hydrogen-bond acceptors (Lipinski definition) is 5. The molecule has 5 rings (SSSR count). The topological polar surface area (TPSA) is 55.7 Å². The van der Waals surface area contributed by atoms with E-state index in [9.17, 15) is 9.18 Å². The molecule has 0 unspecified atom stereocenters. The van der Waals surface area contributed by atoms with Gasteiger partial charge in [0.05, 0.1) is 22.0 Å². The highest BCUT2D eigenvalue weighted by atomic mass is 32.1. The molecule has 1 aliphatic rings. The van der Waals surface area contributed by atoms with Gasteiger partial charge in [-0.05, 0) is 59.9 Å². The molecule has 3 aromatic heterocycles. The van der Waals surface area contributed by atoms with Crippen molar-refractivity contribution in [3.8, 4) is 32.4 Å². The molecule has 0 spiro atoms. The van der Waals surface area contributed by atoms with Crippen LogP contribution >= 0.6 is 11.3 Å². The molecule has 0 saturated carbocycles. The maximum Gasteiger partial charge on any atom is 0.165 e. The number of carbonyl (C=O) groups excluding carboxylic acids is 1. The largest absolute Gasteiger partial charge is 0.294 e. The van der Waals surface area contributed by atoms with Crippen LogP contribution in [0.5, 0.6) is 0 Å². The smallest absolute Gasteiger partial charge is 0.165 e. The zero-order valence-corrected chi connectivity index (χ0v) is 18.0. The van der Waals surface area contributed by atoms with Crippen molar-refractivity contribution in [2.24, 2.45) is 5.41 Å². The van der Waals surface area contributed by atoms with Crippen LogP contribution in [0.25, 0.3) is 32.4 Å². The van der Waals surface area contributed by atoms with Crippen molar-refractivity contribution in [2.75, 3.05) is 0 Å². The van der Waals surface area contributed by atoms with E-state index in [1.807, 2.05) is 36.4 Å². The van der Waals surface area contributed by atoms with Crippen molar-refractivity contribution in [3.05, 3.63) is 78.0 Å². The summed E-state index contributed by atoms with van der Waals surface area (Å²) in [5, 5.41) is 0.747. The van der Waals surface area contributed by atoms with Crippen LogP contribution in [0.15, 0.2) is 60.9 Å². The summed E-state index contributed by atoms with van der Waals surface area (Å²) in [5.41, 5.74) is 4.38. The maximum atomic E-state index is 14.3. The third-order valence-corrected chi connectivity index (χ3v) is 6.50. The molecule has 0 saturated heterocycles. The molecule has 31 heavy (non-hydrogen) atoms. The molecule has 1 aliphatic carbocycles. The SMILES string of the molecule is CC1(C)CC(=O)c2ccc(-c3ncc(-c4cc(F)cc(-c5ccccn5)c4)s3)nc2C1. The molecular formula is C25H20FN3OS. The van der Waals surface area contributed by atoms with E-state index in [2.05, 4.69) is 23.8 Å². The molecule has 3 heterocycles. The lowest BCUT2D eigenvalue weighted by molar-refractivity contribution is 0.0910. The molecule has 0 bridgehead atoms. The van der Waals surface area contributed by atoms with Crippen molar-refractivity contribution in [3.63, 3.8) is 0 Å². The van der Waals surface area contributed by atoms with Gasteiger partial charge in [0.1, 0.15) is 10.8 Å². The summed E-state index contributed by atoms with van der Waals surface area (Å²) < 4.78 is 14.3. The lowest BCUT2D eigenvalue weighted by atomic mass is 9.75. The van der Waals surface area contributed by atoms with Crippen molar-refractivity contribution >= 4 is 17.1 Å². The lowest BCUT2D eigenvalue weighted by Crippen LogP contribution is -2.27. The van der Waals surface area contributed by atoms with Gasteiger partial charge >= 0.3 is 0 Å². The van der Waals surface area contributed by atoms with E-state index in [-0.39, 0.29) is 17.0 Å². The summed E-state index contributed by atoms with van der Waals surface area (Å²) in [4.78, 5) is 26.9. The number of Topliss-reactive ketones (excluding diaryl/α,β-unsaturated/α-hetero) is 1. The summed E-state index contributed by atoms with van der Waals surface area (Å²) in [6, 6.07) is 14.2. The van der Waals surface area contributed by atoms with Crippen LogP contribution in [-0.4, -0.2) is 20.7 Å². The number of halogens is 1. The van der Waals surface area contributed by atoms with Crippen LogP contribution in [0.1, 0.15) is 36.3 Å². The van der Waals surface area contributed by atoms with Gasteiger partial charge in [-0.15, -0.1) is 11.3 Å². The number of fused-ring (bicyclic) bond motifs is 1. The summed E-state index contributed by atoms with van der Waals surface area (Å²) in [6.45, 7) is 4.18. The second kappa shape index (κ2) is 7.46. The average Bonchev–Trinajstić information content (AvgIpc) is 3.23. The van der Waals surface area contributed by atoms with Gasteiger partial charge in [0, 0.05) is 29.9 Å². The van der Waals surface area contributed by atoms with Crippen LogP contribution in [0.3, 0.4) is 0 Å². The fraction of sp³-hybridized carbons (Fsp3) is 0.200. The van der Waals surface area contributed by atoms with Crippen molar-refractivity contribution in [1.82, 2.24) is 15.0 Å². The zero-order chi connectivity index (χ0) is 21.6. The number of nitrogens with zero attached hydrogens (tertiary/aromatic N) is 3. The predicted octanol–water partition coefficient (Wildman–Crippen LogP) is 6.23. The highest BCUT2D eigenvalue weighted by Crippen LogP contribution is 2.37. The molecule has 1 aromatic carbocycles. The first kappa shape index (κ1) is 19.7. The molecule has 154 valence electrons. The van der Waals surface area contributed by atoms with Crippen LogP contribution in [-0.2, 0) is 6.42 Å². The molecule has 6 heteroatoms. The maximum absolute atomic E-state index is 14.3. The number of pyridine rings is 2. The molecule has 4 nitrogen and oxygen atoms in total. The van der Waals surface area contributed by atoms with Gasteiger partial charge in [-0.2, -0.15) is 0 Å². The van der Waals surface area contributed by atoms with Crippen LogP contribution in [0, 0.1) is 11.2 Å².